The molecule has 27 heavy (non-hydrogen) atoms. The first-order valence-corrected chi connectivity index (χ1v) is 8.62. The summed E-state index contributed by atoms with van der Waals surface area (Å²) in [7, 11) is 0. The highest BCUT2D eigenvalue weighted by Crippen LogP contribution is 2.18. The summed E-state index contributed by atoms with van der Waals surface area (Å²) >= 11 is 0. The third kappa shape index (κ3) is 5.68. The van der Waals surface area contributed by atoms with Gasteiger partial charge in [0.05, 0.1) is 12.0 Å². The van der Waals surface area contributed by atoms with E-state index in [2.05, 4.69) is 20.7 Å². The summed E-state index contributed by atoms with van der Waals surface area (Å²) in [4.78, 5) is 36.3. The van der Waals surface area contributed by atoms with E-state index in [9.17, 15) is 14.4 Å². The van der Waals surface area contributed by atoms with E-state index >= 15 is 0 Å². The second kappa shape index (κ2) is 9.53. The zero-order valence-corrected chi connectivity index (χ0v) is 15.0. The maximum atomic E-state index is 12.5. The molecule has 0 fully saturated rings. The van der Waals surface area contributed by atoms with Gasteiger partial charge in [-0.25, -0.2) is 4.79 Å². The molecule has 10 heteroatoms. The van der Waals surface area contributed by atoms with Crippen LogP contribution in [-0.2, 0) is 16.1 Å². The number of amides is 2. The van der Waals surface area contributed by atoms with Crippen molar-refractivity contribution in [2.45, 2.75) is 44.7 Å². The fourth-order valence-electron chi connectivity index (χ4n) is 2.50. The SMILES string of the molecule is CCC(C(=O)[C@@H](N)CCC(N)=O)c1nnn(C(=O)NCc2ccccc2)n1. The van der Waals surface area contributed by atoms with E-state index in [0.717, 1.165) is 10.4 Å². The summed E-state index contributed by atoms with van der Waals surface area (Å²) in [5, 5.41) is 14.2. The number of benzene rings is 1. The Kier molecular flexibility index (Phi) is 7.12. The molecule has 1 aromatic carbocycles. The van der Waals surface area contributed by atoms with Crippen LogP contribution in [0.15, 0.2) is 30.3 Å². The van der Waals surface area contributed by atoms with Gasteiger partial charge in [-0.1, -0.05) is 42.1 Å². The summed E-state index contributed by atoms with van der Waals surface area (Å²) < 4.78 is 0. The van der Waals surface area contributed by atoms with Crippen LogP contribution in [0.25, 0.3) is 0 Å². The molecule has 144 valence electrons. The van der Waals surface area contributed by atoms with Gasteiger partial charge >= 0.3 is 6.03 Å². The number of hydrogen-bond donors (Lipinski definition) is 3. The molecular formula is C17H23N7O3. The Balaban J connectivity index is 1.99. The predicted octanol–water partition coefficient (Wildman–Crippen LogP) is 0.0865. The van der Waals surface area contributed by atoms with E-state index < -0.39 is 23.9 Å². The average molecular weight is 373 g/mol. The van der Waals surface area contributed by atoms with Crippen molar-refractivity contribution >= 4 is 17.7 Å². The molecule has 0 bridgehead atoms. The minimum absolute atomic E-state index is 0.0192. The first-order valence-electron chi connectivity index (χ1n) is 8.62. The van der Waals surface area contributed by atoms with Crippen molar-refractivity contribution in [3.8, 4) is 0 Å². The summed E-state index contributed by atoms with van der Waals surface area (Å²) in [5.41, 5.74) is 11.8. The number of carbonyl (C=O) groups excluding carboxylic acids is 3. The minimum atomic E-state index is -0.860. The van der Waals surface area contributed by atoms with Crippen LogP contribution in [0.4, 0.5) is 4.79 Å². The molecule has 1 heterocycles. The molecule has 5 N–H and O–H groups in total. The molecule has 2 amide bonds. The molecule has 10 nitrogen and oxygen atoms in total. The molecule has 0 spiro atoms. The number of nitrogens with two attached hydrogens (primary N) is 2. The van der Waals surface area contributed by atoms with Crippen molar-refractivity contribution < 1.29 is 14.4 Å². The monoisotopic (exact) mass is 373 g/mol. The topological polar surface area (TPSA) is 159 Å². The van der Waals surface area contributed by atoms with Crippen LogP contribution < -0.4 is 16.8 Å². The van der Waals surface area contributed by atoms with E-state index in [4.69, 9.17) is 11.5 Å². The molecule has 2 aromatic rings. The van der Waals surface area contributed by atoms with Gasteiger partial charge in [0, 0.05) is 13.0 Å². The van der Waals surface area contributed by atoms with Gasteiger partial charge in [-0.05, 0) is 23.6 Å². The number of rotatable bonds is 9. The molecule has 0 aliphatic rings. The van der Waals surface area contributed by atoms with Crippen LogP contribution in [0.3, 0.4) is 0 Å². The van der Waals surface area contributed by atoms with Crippen molar-refractivity contribution in [2.24, 2.45) is 11.5 Å². The number of aromatic nitrogens is 4. The summed E-state index contributed by atoms with van der Waals surface area (Å²) in [6.45, 7) is 2.09. The fraction of sp³-hybridized carbons (Fsp3) is 0.412. The van der Waals surface area contributed by atoms with Gasteiger partial charge in [-0.3, -0.25) is 9.59 Å². The van der Waals surface area contributed by atoms with E-state index in [1.807, 2.05) is 30.3 Å². The molecular weight excluding hydrogens is 350 g/mol. The number of tetrazole rings is 1. The third-order valence-corrected chi connectivity index (χ3v) is 4.03. The van der Waals surface area contributed by atoms with Crippen LogP contribution in [0.2, 0.25) is 0 Å². The number of carbonyl (C=O) groups is 3. The highest BCUT2D eigenvalue weighted by atomic mass is 16.2. The van der Waals surface area contributed by atoms with Crippen LogP contribution in [0.5, 0.6) is 0 Å². The van der Waals surface area contributed by atoms with Gasteiger partial charge < -0.3 is 16.8 Å². The van der Waals surface area contributed by atoms with Gasteiger partial charge in [-0.15, -0.1) is 10.2 Å². The van der Waals surface area contributed by atoms with Crippen molar-refractivity contribution in [3.05, 3.63) is 41.7 Å². The molecule has 1 aromatic heterocycles. The number of Topliss-reactive ketones (excluding diaryl/α,β-unsaturated/α-hetero) is 1. The second-order valence-electron chi connectivity index (χ2n) is 6.06. The smallest absolute Gasteiger partial charge is 0.361 e. The van der Waals surface area contributed by atoms with Gasteiger partial charge in [0.25, 0.3) is 0 Å². The summed E-state index contributed by atoms with van der Waals surface area (Å²) in [6.07, 6.45) is 0.558. The number of hydrogen-bond acceptors (Lipinski definition) is 7. The molecule has 1 unspecified atom stereocenters. The lowest BCUT2D eigenvalue weighted by Gasteiger charge is -2.15. The van der Waals surface area contributed by atoms with Crippen molar-refractivity contribution in [1.82, 2.24) is 25.5 Å². The lowest BCUT2D eigenvalue weighted by molar-refractivity contribution is -0.122. The summed E-state index contributed by atoms with van der Waals surface area (Å²) in [5.74, 6) is -1.43. The Hall–Kier alpha value is -3.14. The van der Waals surface area contributed by atoms with E-state index in [1.54, 1.807) is 6.92 Å². The third-order valence-electron chi connectivity index (χ3n) is 4.03. The normalized spacial score (nSPS) is 13.0. The van der Waals surface area contributed by atoms with Gasteiger partial charge in [0.15, 0.2) is 11.6 Å². The van der Waals surface area contributed by atoms with E-state index in [0.29, 0.717) is 13.0 Å². The Morgan fingerprint density at radius 3 is 2.56 bits per heavy atom. The first-order chi connectivity index (χ1) is 12.9. The molecule has 0 aliphatic carbocycles. The van der Waals surface area contributed by atoms with Crippen LogP contribution in [0, 0.1) is 0 Å². The Labute approximate surface area is 156 Å². The lowest BCUT2D eigenvalue weighted by Crippen LogP contribution is -2.36. The zero-order valence-electron chi connectivity index (χ0n) is 15.0. The van der Waals surface area contributed by atoms with Crippen molar-refractivity contribution in [1.29, 1.82) is 0 Å². The second-order valence-corrected chi connectivity index (χ2v) is 6.06. The fourth-order valence-corrected chi connectivity index (χ4v) is 2.50. The molecule has 0 saturated carbocycles. The summed E-state index contributed by atoms with van der Waals surface area (Å²) in [6, 6.07) is 7.95. The van der Waals surface area contributed by atoms with E-state index in [-0.39, 0.29) is 24.4 Å². The maximum absolute atomic E-state index is 12.5. The Morgan fingerprint density at radius 2 is 1.93 bits per heavy atom. The number of primary amides is 1. The average Bonchev–Trinajstić information content (AvgIpc) is 3.15. The lowest BCUT2D eigenvalue weighted by atomic mass is 9.93. The maximum Gasteiger partial charge on any atom is 0.361 e. The predicted molar refractivity (Wildman–Crippen MR) is 96.3 cm³/mol. The number of ketones is 1. The Bertz CT molecular complexity index is 791. The van der Waals surface area contributed by atoms with Crippen LogP contribution >= 0.6 is 0 Å². The quantitative estimate of drug-likeness (QED) is 0.561. The van der Waals surface area contributed by atoms with E-state index in [1.165, 1.54) is 0 Å². The highest BCUT2D eigenvalue weighted by Gasteiger charge is 2.29. The van der Waals surface area contributed by atoms with Crippen molar-refractivity contribution in [2.75, 3.05) is 0 Å². The number of nitrogens with zero attached hydrogens (tertiary/aromatic N) is 4. The van der Waals surface area contributed by atoms with Crippen molar-refractivity contribution in [3.63, 3.8) is 0 Å². The van der Waals surface area contributed by atoms with Crippen LogP contribution in [-0.4, -0.2) is 44.0 Å². The Morgan fingerprint density at radius 1 is 1.22 bits per heavy atom. The first kappa shape index (κ1) is 20.2. The van der Waals surface area contributed by atoms with Gasteiger partial charge in [-0.2, -0.15) is 0 Å². The minimum Gasteiger partial charge on any atom is -0.370 e. The molecule has 0 aliphatic heterocycles. The van der Waals surface area contributed by atoms with Crippen LogP contribution in [0.1, 0.15) is 43.5 Å². The zero-order chi connectivity index (χ0) is 19.8. The molecule has 2 atom stereocenters. The number of nitrogens with one attached hydrogen (secondary N) is 1. The van der Waals surface area contributed by atoms with Gasteiger partial charge in [0.1, 0.15) is 0 Å². The van der Waals surface area contributed by atoms with Gasteiger partial charge in [0.2, 0.25) is 5.91 Å². The molecule has 2 rings (SSSR count). The largest absolute Gasteiger partial charge is 0.370 e. The standard InChI is InChI=1S/C17H23N7O3/c1-2-12(15(26)13(18)8-9-14(19)25)16-21-23-24(22-16)17(27)20-10-11-6-4-3-5-7-11/h3-7,12-13H,2,8-10,18H2,1H3,(H2,19,25)(H,20,27)/t12?,13-/m0/s1. The highest BCUT2D eigenvalue weighted by molar-refractivity contribution is 5.90. The molecule has 0 radical (unpaired) electrons. The molecule has 0 saturated heterocycles.